The summed E-state index contributed by atoms with van der Waals surface area (Å²) in [5.74, 6) is -4.08. The third kappa shape index (κ3) is 6.55. The Hall–Kier alpha value is -2.90. The minimum absolute atomic E-state index is 0.0137. The monoisotopic (exact) mass is 452 g/mol. The minimum Gasteiger partial charge on any atom is -0.358 e. The number of alkyl halides is 2. The number of carbonyl (C=O) groups excluding carboxylic acids is 1. The zero-order chi connectivity index (χ0) is 23.1. The molecule has 2 aliphatic carbocycles. The molecule has 0 atom stereocenters. The van der Waals surface area contributed by atoms with Gasteiger partial charge in [0.1, 0.15) is 17.5 Å². The Labute approximate surface area is 183 Å². The first kappa shape index (κ1) is 23.8. The molecule has 0 spiro atoms. The summed E-state index contributed by atoms with van der Waals surface area (Å²) in [5.41, 5.74) is 1.58. The highest BCUT2D eigenvalue weighted by Gasteiger charge is 2.44. The van der Waals surface area contributed by atoms with Crippen LogP contribution in [0.2, 0.25) is 0 Å². The highest BCUT2D eigenvalue weighted by Crippen LogP contribution is 2.41. The van der Waals surface area contributed by atoms with E-state index in [1.807, 2.05) is 0 Å². The molecule has 2 N–H and O–H groups in total. The second kappa shape index (κ2) is 10.6. The van der Waals surface area contributed by atoms with Crippen molar-refractivity contribution in [1.82, 2.24) is 10.3 Å². The van der Waals surface area contributed by atoms with E-state index in [4.69, 9.17) is 0 Å². The van der Waals surface area contributed by atoms with E-state index in [1.165, 1.54) is 43.9 Å². The van der Waals surface area contributed by atoms with E-state index in [-0.39, 0.29) is 30.1 Å². The number of carbonyl (C=O) groups is 1. The van der Waals surface area contributed by atoms with Crippen LogP contribution in [0.3, 0.4) is 0 Å². The molecule has 0 unspecified atom stereocenters. The Morgan fingerprint density at radius 1 is 0.938 bits per heavy atom. The van der Waals surface area contributed by atoms with Gasteiger partial charge in [-0.15, -0.1) is 0 Å². The summed E-state index contributed by atoms with van der Waals surface area (Å²) in [5, 5.41) is 2.82. The smallest absolute Gasteiger partial charge is 0.248 e. The lowest BCUT2D eigenvalue weighted by Gasteiger charge is -2.34. The molecule has 0 bridgehead atoms. The zero-order valence-electron chi connectivity index (χ0n) is 17.4. The fourth-order valence-corrected chi connectivity index (χ4v) is 3.34. The Balaban J connectivity index is 0.000000172. The number of aromatic nitrogens is 1. The van der Waals surface area contributed by atoms with Crippen molar-refractivity contribution >= 4 is 17.3 Å². The van der Waals surface area contributed by atoms with Gasteiger partial charge in [-0.1, -0.05) is 25.7 Å². The molecule has 1 amide bonds. The number of rotatable bonds is 4. The maximum atomic E-state index is 13.5. The number of halogens is 5. The molecule has 2 saturated carbocycles. The van der Waals surface area contributed by atoms with Gasteiger partial charge in [0, 0.05) is 36.5 Å². The van der Waals surface area contributed by atoms with Gasteiger partial charge in [0.15, 0.2) is 0 Å². The fourth-order valence-electron chi connectivity index (χ4n) is 3.34. The maximum Gasteiger partial charge on any atom is 0.248 e. The normalized spacial score (nSPS) is 16.5. The van der Waals surface area contributed by atoms with Crippen LogP contribution in [0.25, 0.3) is 22.2 Å². The van der Waals surface area contributed by atoms with E-state index in [9.17, 15) is 26.7 Å². The van der Waals surface area contributed by atoms with E-state index in [1.54, 1.807) is 18.2 Å². The molecule has 32 heavy (non-hydrogen) atoms. The maximum absolute atomic E-state index is 13.5. The molecule has 2 fully saturated rings. The first-order valence-corrected chi connectivity index (χ1v) is 10.6. The first-order chi connectivity index (χ1) is 15.3. The molecular weight excluding hydrogens is 427 g/mol. The molecule has 1 aromatic heterocycles. The number of H-pyrrole nitrogens is 1. The van der Waals surface area contributed by atoms with Gasteiger partial charge < -0.3 is 10.3 Å². The van der Waals surface area contributed by atoms with E-state index in [0.29, 0.717) is 29.6 Å². The standard InChI is InChI=1S/C14H8F3N.C6H9F2NO.C4H8/c15-10-3-1-8(2-4-10)13-6-9-5-11(16)7-12(17)14(9)18-13;7-6(8)1-5(2-6)3-9-4-10;1-2-4-3-1/h1-7,18H;4-5H,1-3H2,(H,9,10);1-4H2. The molecule has 3 aromatic rings. The van der Waals surface area contributed by atoms with Crippen LogP contribution in [0, 0.1) is 23.4 Å². The Morgan fingerprint density at radius 2 is 1.56 bits per heavy atom. The molecule has 3 nitrogen and oxygen atoms in total. The SMILES string of the molecule is C1CCC1.Fc1ccc(-c2cc3cc(F)cc(F)c3[nH]2)cc1.O=CNCC1CC(F)(F)C1. The second-order valence-electron chi connectivity index (χ2n) is 8.11. The van der Waals surface area contributed by atoms with E-state index < -0.39 is 17.6 Å². The Kier molecular flexibility index (Phi) is 7.88. The molecule has 8 heteroatoms. The van der Waals surface area contributed by atoms with Crippen molar-refractivity contribution in [2.24, 2.45) is 5.92 Å². The van der Waals surface area contributed by atoms with Crippen LogP contribution in [0.1, 0.15) is 38.5 Å². The van der Waals surface area contributed by atoms with Crippen LogP contribution in [0.4, 0.5) is 22.0 Å². The number of benzene rings is 2. The zero-order valence-corrected chi connectivity index (χ0v) is 17.4. The molecule has 2 aromatic carbocycles. The van der Waals surface area contributed by atoms with E-state index >= 15 is 0 Å². The summed E-state index contributed by atoms with van der Waals surface area (Å²) >= 11 is 0. The van der Waals surface area contributed by atoms with Crippen LogP contribution in [0.15, 0.2) is 42.5 Å². The number of hydrogen-bond acceptors (Lipinski definition) is 1. The van der Waals surface area contributed by atoms with Crippen molar-refractivity contribution in [1.29, 1.82) is 0 Å². The Morgan fingerprint density at radius 3 is 2.09 bits per heavy atom. The molecule has 2 aliphatic rings. The molecule has 0 radical (unpaired) electrons. The van der Waals surface area contributed by atoms with Gasteiger partial charge in [0.25, 0.3) is 0 Å². The number of aromatic amines is 1. The van der Waals surface area contributed by atoms with Gasteiger partial charge in [-0.05, 0) is 47.9 Å². The lowest BCUT2D eigenvalue weighted by atomic mass is 9.81. The largest absolute Gasteiger partial charge is 0.358 e. The van der Waals surface area contributed by atoms with Gasteiger partial charge >= 0.3 is 0 Å². The van der Waals surface area contributed by atoms with Gasteiger partial charge in [-0.2, -0.15) is 0 Å². The number of amides is 1. The van der Waals surface area contributed by atoms with Crippen LogP contribution in [-0.2, 0) is 4.79 Å². The summed E-state index contributed by atoms with van der Waals surface area (Å²) in [4.78, 5) is 12.6. The van der Waals surface area contributed by atoms with Crippen molar-refractivity contribution in [2.75, 3.05) is 6.54 Å². The summed E-state index contributed by atoms with van der Waals surface area (Å²) in [7, 11) is 0. The average Bonchev–Trinajstić information content (AvgIpc) is 3.09. The number of nitrogens with one attached hydrogen (secondary N) is 2. The molecule has 0 aliphatic heterocycles. The summed E-state index contributed by atoms with van der Waals surface area (Å²) < 4.78 is 63.6. The van der Waals surface area contributed by atoms with Crippen molar-refractivity contribution in [3.8, 4) is 11.3 Å². The van der Waals surface area contributed by atoms with Crippen molar-refractivity contribution < 1.29 is 26.7 Å². The average molecular weight is 452 g/mol. The third-order valence-corrected chi connectivity index (χ3v) is 5.46. The van der Waals surface area contributed by atoms with Crippen LogP contribution in [-0.4, -0.2) is 23.9 Å². The summed E-state index contributed by atoms with van der Waals surface area (Å²) in [6.45, 7) is 0.388. The number of fused-ring (bicyclic) bond motifs is 1. The highest BCUT2D eigenvalue weighted by atomic mass is 19.3. The van der Waals surface area contributed by atoms with Crippen LogP contribution < -0.4 is 5.32 Å². The van der Waals surface area contributed by atoms with Crippen molar-refractivity contribution in [3.63, 3.8) is 0 Å². The highest BCUT2D eigenvalue weighted by molar-refractivity contribution is 5.86. The molecule has 172 valence electrons. The molecule has 0 saturated heterocycles. The lowest BCUT2D eigenvalue weighted by Crippen LogP contribution is -2.40. The summed E-state index contributed by atoms with van der Waals surface area (Å²) in [6, 6.07) is 9.50. The van der Waals surface area contributed by atoms with Gasteiger partial charge in [-0.25, -0.2) is 22.0 Å². The van der Waals surface area contributed by atoms with Crippen LogP contribution >= 0.6 is 0 Å². The van der Waals surface area contributed by atoms with Crippen molar-refractivity contribution in [3.05, 3.63) is 59.9 Å². The predicted octanol–water partition coefficient (Wildman–Crippen LogP) is 6.59. The lowest BCUT2D eigenvalue weighted by molar-refractivity contribution is -0.117. The summed E-state index contributed by atoms with van der Waals surface area (Å²) in [6.07, 6.45) is 6.39. The fraction of sp³-hybridized carbons (Fsp3) is 0.375. The number of hydrogen-bond donors (Lipinski definition) is 2. The first-order valence-electron chi connectivity index (χ1n) is 10.6. The molecule has 1 heterocycles. The van der Waals surface area contributed by atoms with E-state index in [2.05, 4.69) is 10.3 Å². The third-order valence-electron chi connectivity index (χ3n) is 5.46. The molecular formula is C24H25F5N2O. The minimum atomic E-state index is -2.46. The van der Waals surface area contributed by atoms with E-state index in [0.717, 1.165) is 6.07 Å². The van der Waals surface area contributed by atoms with Crippen LogP contribution in [0.5, 0.6) is 0 Å². The topological polar surface area (TPSA) is 44.9 Å². The Bertz CT molecular complexity index is 1020. The van der Waals surface area contributed by atoms with Gasteiger partial charge in [0.2, 0.25) is 12.3 Å². The quantitative estimate of drug-likeness (QED) is 0.340. The molecule has 5 rings (SSSR count). The predicted molar refractivity (Wildman–Crippen MR) is 114 cm³/mol. The van der Waals surface area contributed by atoms with Crippen molar-refractivity contribution in [2.45, 2.75) is 44.4 Å². The second-order valence-corrected chi connectivity index (χ2v) is 8.11. The van der Waals surface area contributed by atoms with Gasteiger partial charge in [-0.3, -0.25) is 4.79 Å². The van der Waals surface area contributed by atoms with Gasteiger partial charge in [0.05, 0.1) is 5.52 Å².